The lowest BCUT2D eigenvalue weighted by Crippen LogP contribution is -2.20. The van der Waals surface area contributed by atoms with Crippen LogP contribution >= 0.6 is 11.3 Å². The van der Waals surface area contributed by atoms with Gasteiger partial charge in [-0.15, -0.1) is 11.3 Å². The number of rotatable bonds is 5. The molecular formula is C22H23N3O2S. The fourth-order valence-electron chi connectivity index (χ4n) is 3.58. The molecule has 4 aromatic rings. The highest BCUT2D eigenvalue weighted by atomic mass is 32.1. The molecule has 0 saturated carbocycles. The highest BCUT2D eigenvalue weighted by molar-refractivity contribution is 7.17. The van der Waals surface area contributed by atoms with E-state index in [1.165, 1.54) is 11.3 Å². The van der Waals surface area contributed by atoms with Gasteiger partial charge in [-0.3, -0.25) is 4.79 Å². The maximum Gasteiger partial charge on any atom is 0.266 e. The fourth-order valence-corrected chi connectivity index (χ4v) is 4.37. The Balaban J connectivity index is 1.87. The average Bonchev–Trinajstić information content (AvgIpc) is 3.18. The summed E-state index contributed by atoms with van der Waals surface area (Å²) in [6, 6.07) is 11.2. The van der Waals surface area contributed by atoms with Crippen LogP contribution in [0, 0.1) is 0 Å². The number of likely N-dealkylation sites (N-methyl/N-ethyl adjacent to an activating group) is 1. The van der Waals surface area contributed by atoms with E-state index < -0.39 is 0 Å². The van der Waals surface area contributed by atoms with Crippen molar-refractivity contribution in [1.29, 1.82) is 0 Å². The fraction of sp³-hybridized carbons (Fsp3) is 0.227. The third kappa shape index (κ3) is 3.15. The van der Waals surface area contributed by atoms with Crippen molar-refractivity contribution in [3.8, 4) is 16.9 Å². The maximum absolute atomic E-state index is 12.3. The van der Waals surface area contributed by atoms with E-state index in [4.69, 9.17) is 5.73 Å². The van der Waals surface area contributed by atoms with E-state index in [0.717, 1.165) is 41.4 Å². The summed E-state index contributed by atoms with van der Waals surface area (Å²) in [5.41, 5.74) is 10.3. The number of aromatic amines is 1. The Labute approximate surface area is 167 Å². The molecule has 0 saturated heterocycles. The van der Waals surface area contributed by atoms with Gasteiger partial charge in [0.2, 0.25) is 0 Å². The Bertz CT molecular complexity index is 1230. The van der Waals surface area contributed by atoms with Crippen LogP contribution in [0.15, 0.2) is 46.6 Å². The number of nitrogens with one attached hydrogen (secondary N) is 1. The molecule has 0 aliphatic carbocycles. The first kappa shape index (κ1) is 18.5. The molecule has 28 heavy (non-hydrogen) atoms. The van der Waals surface area contributed by atoms with Gasteiger partial charge < -0.3 is 20.7 Å². The number of hydrogen-bond acceptors (Lipinski definition) is 5. The summed E-state index contributed by atoms with van der Waals surface area (Å²) < 4.78 is 0.659. The number of hydrogen-bond donors (Lipinski definition) is 3. The number of aromatic hydroxyl groups is 1. The van der Waals surface area contributed by atoms with Crippen molar-refractivity contribution in [2.45, 2.75) is 13.3 Å². The van der Waals surface area contributed by atoms with Crippen LogP contribution < -0.4 is 11.3 Å². The van der Waals surface area contributed by atoms with Crippen LogP contribution in [0.5, 0.6) is 5.75 Å². The number of pyridine rings is 1. The molecule has 0 aliphatic heterocycles. The summed E-state index contributed by atoms with van der Waals surface area (Å²) in [5, 5.41) is 14.2. The van der Waals surface area contributed by atoms with Crippen LogP contribution in [0.1, 0.15) is 12.5 Å². The Kier molecular flexibility index (Phi) is 4.83. The van der Waals surface area contributed by atoms with Crippen molar-refractivity contribution in [2.75, 3.05) is 25.9 Å². The first-order valence-corrected chi connectivity index (χ1v) is 10.2. The SMILES string of the molecule is CCN(C)CCc1ccc(-c2c(O)ccc3[nH]c(=O)c4sccc4c23)cc1N. The lowest BCUT2D eigenvalue weighted by atomic mass is 9.95. The molecule has 144 valence electrons. The number of benzene rings is 2. The van der Waals surface area contributed by atoms with Crippen molar-refractivity contribution >= 4 is 38.0 Å². The first-order valence-electron chi connectivity index (χ1n) is 9.32. The highest BCUT2D eigenvalue weighted by Crippen LogP contribution is 2.40. The van der Waals surface area contributed by atoms with E-state index in [1.807, 2.05) is 29.6 Å². The second kappa shape index (κ2) is 7.30. The summed E-state index contributed by atoms with van der Waals surface area (Å²) in [6.45, 7) is 4.07. The second-order valence-corrected chi connectivity index (χ2v) is 7.98. The van der Waals surface area contributed by atoms with Crippen LogP contribution in [0.4, 0.5) is 5.69 Å². The van der Waals surface area contributed by atoms with E-state index in [9.17, 15) is 9.90 Å². The molecule has 0 amide bonds. The average molecular weight is 394 g/mol. The van der Waals surface area contributed by atoms with Crippen molar-refractivity contribution < 1.29 is 5.11 Å². The molecular weight excluding hydrogens is 370 g/mol. The number of phenolic OH excluding ortho intramolecular Hbond substituents is 1. The molecule has 4 rings (SSSR count). The van der Waals surface area contributed by atoms with Crippen molar-refractivity contribution in [1.82, 2.24) is 9.88 Å². The quantitative estimate of drug-likeness (QED) is 0.444. The number of nitrogens with two attached hydrogens (primary N) is 1. The molecule has 2 heterocycles. The Morgan fingerprint density at radius 3 is 2.79 bits per heavy atom. The van der Waals surface area contributed by atoms with Gasteiger partial charge in [0, 0.05) is 34.1 Å². The van der Waals surface area contributed by atoms with E-state index in [0.29, 0.717) is 21.5 Å². The number of phenols is 1. The third-order valence-electron chi connectivity index (χ3n) is 5.31. The number of fused-ring (bicyclic) bond motifs is 3. The topological polar surface area (TPSA) is 82.3 Å². The molecule has 0 atom stereocenters. The molecule has 0 fully saturated rings. The summed E-state index contributed by atoms with van der Waals surface area (Å²) in [4.78, 5) is 17.5. The van der Waals surface area contributed by atoms with Gasteiger partial charge in [-0.2, -0.15) is 0 Å². The number of thiophene rings is 1. The summed E-state index contributed by atoms with van der Waals surface area (Å²) >= 11 is 1.40. The van der Waals surface area contributed by atoms with Crippen LogP contribution in [0.3, 0.4) is 0 Å². The molecule has 0 aliphatic rings. The van der Waals surface area contributed by atoms with E-state index in [1.54, 1.807) is 12.1 Å². The minimum absolute atomic E-state index is 0.107. The standard InChI is InChI=1S/C22H23N3O2S/c1-3-25(2)10-8-13-4-5-14(12-16(13)23)19-18(26)7-6-17-20(19)15-9-11-28-21(15)22(27)24-17/h4-7,9,11-12,26H,3,8,10,23H2,1-2H3,(H,24,27). The van der Waals surface area contributed by atoms with E-state index in [2.05, 4.69) is 23.9 Å². The van der Waals surface area contributed by atoms with Crippen molar-refractivity contribution in [3.63, 3.8) is 0 Å². The lowest BCUT2D eigenvalue weighted by molar-refractivity contribution is 0.358. The van der Waals surface area contributed by atoms with Crippen molar-refractivity contribution in [3.05, 3.63) is 57.7 Å². The van der Waals surface area contributed by atoms with Gasteiger partial charge in [0.1, 0.15) is 10.4 Å². The van der Waals surface area contributed by atoms with Gasteiger partial charge in [-0.25, -0.2) is 0 Å². The zero-order valence-electron chi connectivity index (χ0n) is 16.0. The molecule has 2 aromatic carbocycles. The van der Waals surface area contributed by atoms with Gasteiger partial charge in [0.15, 0.2) is 0 Å². The van der Waals surface area contributed by atoms with Crippen LogP contribution in [0.25, 0.3) is 32.1 Å². The van der Waals surface area contributed by atoms with Gasteiger partial charge in [0.05, 0.1) is 0 Å². The van der Waals surface area contributed by atoms with Gasteiger partial charge >= 0.3 is 0 Å². The smallest absolute Gasteiger partial charge is 0.266 e. The summed E-state index contributed by atoms with van der Waals surface area (Å²) in [5.74, 6) is 0.171. The Hall–Kier alpha value is -2.83. The van der Waals surface area contributed by atoms with Crippen LogP contribution in [-0.2, 0) is 6.42 Å². The van der Waals surface area contributed by atoms with Crippen LogP contribution in [0.2, 0.25) is 0 Å². The predicted molar refractivity (Wildman–Crippen MR) is 118 cm³/mol. The zero-order chi connectivity index (χ0) is 19.8. The number of nitrogens with zero attached hydrogens (tertiary/aromatic N) is 1. The maximum atomic E-state index is 12.3. The Morgan fingerprint density at radius 2 is 2.04 bits per heavy atom. The minimum atomic E-state index is -0.107. The zero-order valence-corrected chi connectivity index (χ0v) is 16.8. The van der Waals surface area contributed by atoms with Gasteiger partial charge in [-0.05, 0) is 60.8 Å². The minimum Gasteiger partial charge on any atom is -0.507 e. The summed E-state index contributed by atoms with van der Waals surface area (Å²) in [7, 11) is 2.09. The lowest BCUT2D eigenvalue weighted by Gasteiger charge is -2.16. The first-order chi connectivity index (χ1) is 13.5. The number of anilines is 1. The van der Waals surface area contributed by atoms with Gasteiger partial charge in [-0.1, -0.05) is 19.1 Å². The predicted octanol–water partition coefficient (Wildman–Crippen LogP) is 4.19. The van der Waals surface area contributed by atoms with E-state index >= 15 is 0 Å². The van der Waals surface area contributed by atoms with Gasteiger partial charge in [0.25, 0.3) is 5.56 Å². The second-order valence-electron chi connectivity index (χ2n) is 7.06. The summed E-state index contributed by atoms with van der Waals surface area (Å²) in [6.07, 6.45) is 0.875. The molecule has 0 spiro atoms. The molecule has 4 N–H and O–H groups in total. The van der Waals surface area contributed by atoms with E-state index in [-0.39, 0.29) is 11.3 Å². The molecule has 0 unspecified atom stereocenters. The monoisotopic (exact) mass is 393 g/mol. The molecule has 5 nitrogen and oxygen atoms in total. The highest BCUT2D eigenvalue weighted by Gasteiger charge is 2.16. The number of aromatic nitrogens is 1. The molecule has 0 bridgehead atoms. The molecule has 0 radical (unpaired) electrons. The normalized spacial score (nSPS) is 11.7. The number of nitrogen functional groups attached to an aromatic ring is 1. The third-order valence-corrected chi connectivity index (χ3v) is 6.22. The van der Waals surface area contributed by atoms with Crippen molar-refractivity contribution in [2.24, 2.45) is 0 Å². The number of H-pyrrole nitrogens is 1. The largest absolute Gasteiger partial charge is 0.507 e. The Morgan fingerprint density at radius 1 is 1.21 bits per heavy atom. The molecule has 2 aromatic heterocycles. The molecule has 6 heteroatoms. The van der Waals surface area contributed by atoms with Crippen LogP contribution in [-0.4, -0.2) is 35.1 Å².